The molecule has 1 atom stereocenters. The third-order valence-electron chi connectivity index (χ3n) is 3.41. The predicted octanol–water partition coefficient (Wildman–Crippen LogP) is 1.73. The number of nitrogens with one attached hydrogen (secondary N) is 1. The van der Waals surface area contributed by atoms with Crippen LogP contribution in [-0.4, -0.2) is 31.9 Å². The standard InChI is InChI=1S/C14H19NO3S/c1-10(2)11-3-5-12(6-4-11)14(16)15-13-7-8-19(17,18)9-13/h3-6,10,13H,7-9H2,1-2H3,(H,15,16). The van der Waals surface area contributed by atoms with Crippen molar-refractivity contribution >= 4 is 15.7 Å². The minimum atomic E-state index is -2.96. The highest BCUT2D eigenvalue weighted by Gasteiger charge is 2.29. The lowest BCUT2D eigenvalue weighted by Crippen LogP contribution is -2.35. The fourth-order valence-corrected chi connectivity index (χ4v) is 3.87. The van der Waals surface area contributed by atoms with Crippen LogP contribution in [0, 0.1) is 0 Å². The highest BCUT2D eigenvalue weighted by atomic mass is 32.2. The van der Waals surface area contributed by atoms with E-state index in [1.54, 1.807) is 12.1 Å². The van der Waals surface area contributed by atoms with E-state index in [4.69, 9.17) is 0 Å². The fourth-order valence-electron chi connectivity index (χ4n) is 2.20. The lowest BCUT2D eigenvalue weighted by molar-refractivity contribution is 0.0941. The Morgan fingerprint density at radius 1 is 1.26 bits per heavy atom. The minimum absolute atomic E-state index is 0.0584. The second-order valence-electron chi connectivity index (χ2n) is 5.35. The zero-order chi connectivity index (χ0) is 14.0. The molecule has 0 spiro atoms. The van der Waals surface area contributed by atoms with Gasteiger partial charge in [0.05, 0.1) is 11.5 Å². The summed E-state index contributed by atoms with van der Waals surface area (Å²) in [4.78, 5) is 12.0. The zero-order valence-electron chi connectivity index (χ0n) is 11.2. The molecule has 1 saturated heterocycles. The average molecular weight is 281 g/mol. The van der Waals surface area contributed by atoms with E-state index in [9.17, 15) is 13.2 Å². The largest absolute Gasteiger partial charge is 0.348 e. The first kappa shape index (κ1) is 14.1. The minimum Gasteiger partial charge on any atom is -0.348 e. The van der Waals surface area contributed by atoms with Crippen LogP contribution in [0.25, 0.3) is 0 Å². The van der Waals surface area contributed by atoms with Gasteiger partial charge < -0.3 is 5.32 Å². The summed E-state index contributed by atoms with van der Waals surface area (Å²) in [5.41, 5.74) is 1.76. The quantitative estimate of drug-likeness (QED) is 0.917. The van der Waals surface area contributed by atoms with Gasteiger partial charge >= 0.3 is 0 Å². The number of benzene rings is 1. The van der Waals surface area contributed by atoms with Crippen LogP contribution >= 0.6 is 0 Å². The van der Waals surface area contributed by atoms with E-state index >= 15 is 0 Å². The first-order chi connectivity index (χ1) is 8.87. The van der Waals surface area contributed by atoms with Crippen molar-refractivity contribution in [1.29, 1.82) is 0 Å². The van der Waals surface area contributed by atoms with Gasteiger partial charge in [0, 0.05) is 11.6 Å². The van der Waals surface area contributed by atoms with Crippen molar-refractivity contribution in [2.45, 2.75) is 32.2 Å². The molecule has 1 aliphatic rings. The molecule has 1 aromatic rings. The first-order valence-electron chi connectivity index (χ1n) is 6.48. The molecular formula is C14H19NO3S. The van der Waals surface area contributed by atoms with E-state index in [1.807, 2.05) is 12.1 Å². The van der Waals surface area contributed by atoms with Crippen molar-refractivity contribution in [1.82, 2.24) is 5.32 Å². The van der Waals surface area contributed by atoms with E-state index in [0.29, 0.717) is 17.9 Å². The van der Waals surface area contributed by atoms with Crippen LogP contribution in [0.5, 0.6) is 0 Å². The summed E-state index contributed by atoms with van der Waals surface area (Å²) in [6.45, 7) is 4.19. The second-order valence-corrected chi connectivity index (χ2v) is 7.58. The maximum Gasteiger partial charge on any atom is 0.251 e. The van der Waals surface area contributed by atoms with Crippen LogP contribution in [0.3, 0.4) is 0 Å². The molecule has 1 N–H and O–H groups in total. The summed E-state index contributed by atoms with van der Waals surface area (Å²) in [5.74, 6) is 0.460. The SMILES string of the molecule is CC(C)c1ccc(C(=O)NC2CCS(=O)(=O)C2)cc1. The maximum atomic E-state index is 12.0. The molecule has 0 saturated carbocycles. The Hall–Kier alpha value is -1.36. The average Bonchev–Trinajstić information content (AvgIpc) is 2.68. The molecule has 1 fully saturated rings. The van der Waals surface area contributed by atoms with Gasteiger partial charge in [-0.3, -0.25) is 4.79 Å². The van der Waals surface area contributed by atoms with Gasteiger partial charge in [0.2, 0.25) is 0 Å². The van der Waals surface area contributed by atoms with Crippen molar-refractivity contribution in [3.05, 3.63) is 35.4 Å². The molecule has 5 heteroatoms. The second kappa shape index (κ2) is 5.33. The number of carbonyl (C=O) groups is 1. The zero-order valence-corrected chi connectivity index (χ0v) is 12.0. The Kier molecular flexibility index (Phi) is 3.94. The number of hydrogen-bond acceptors (Lipinski definition) is 3. The van der Waals surface area contributed by atoms with E-state index in [0.717, 1.165) is 0 Å². The molecule has 0 bridgehead atoms. The lowest BCUT2D eigenvalue weighted by Gasteiger charge is -2.11. The van der Waals surface area contributed by atoms with Crippen LogP contribution in [0.1, 0.15) is 42.1 Å². The van der Waals surface area contributed by atoms with Crippen molar-refractivity contribution < 1.29 is 13.2 Å². The first-order valence-corrected chi connectivity index (χ1v) is 8.31. The van der Waals surface area contributed by atoms with Gasteiger partial charge in [-0.25, -0.2) is 8.42 Å². The normalized spacial score (nSPS) is 21.5. The van der Waals surface area contributed by atoms with Gasteiger partial charge in [0.1, 0.15) is 0 Å². The molecule has 1 heterocycles. The Labute approximate surface area is 114 Å². The summed E-state index contributed by atoms with van der Waals surface area (Å²) in [6, 6.07) is 7.19. The van der Waals surface area contributed by atoms with E-state index in [2.05, 4.69) is 19.2 Å². The Morgan fingerprint density at radius 3 is 2.37 bits per heavy atom. The number of rotatable bonds is 3. The van der Waals surface area contributed by atoms with Crippen molar-refractivity contribution in [3.8, 4) is 0 Å². The third-order valence-corrected chi connectivity index (χ3v) is 5.18. The Bertz CT molecular complexity index is 561. The number of sulfone groups is 1. The van der Waals surface area contributed by atoms with Crippen LogP contribution in [0.4, 0.5) is 0 Å². The van der Waals surface area contributed by atoms with Crippen molar-refractivity contribution in [2.75, 3.05) is 11.5 Å². The van der Waals surface area contributed by atoms with Crippen LogP contribution < -0.4 is 5.32 Å². The molecule has 2 rings (SSSR count). The van der Waals surface area contributed by atoms with Crippen LogP contribution in [-0.2, 0) is 9.84 Å². The topological polar surface area (TPSA) is 63.2 Å². The summed E-state index contributed by atoms with van der Waals surface area (Å²) >= 11 is 0. The van der Waals surface area contributed by atoms with Gasteiger partial charge in [0.15, 0.2) is 9.84 Å². The van der Waals surface area contributed by atoms with Gasteiger partial charge in [-0.15, -0.1) is 0 Å². The van der Waals surface area contributed by atoms with Gasteiger partial charge in [-0.2, -0.15) is 0 Å². The van der Waals surface area contributed by atoms with E-state index in [1.165, 1.54) is 5.56 Å². The monoisotopic (exact) mass is 281 g/mol. The predicted molar refractivity (Wildman–Crippen MR) is 75.1 cm³/mol. The molecule has 19 heavy (non-hydrogen) atoms. The smallest absolute Gasteiger partial charge is 0.251 e. The van der Waals surface area contributed by atoms with E-state index < -0.39 is 9.84 Å². The summed E-state index contributed by atoms with van der Waals surface area (Å²) in [6.07, 6.45) is 0.512. The number of carbonyl (C=O) groups excluding carboxylic acids is 1. The van der Waals surface area contributed by atoms with Crippen LogP contribution in [0.2, 0.25) is 0 Å². The van der Waals surface area contributed by atoms with Crippen molar-refractivity contribution in [2.24, 2.45) is 0 Å². The molecule has 1 aliphatic heterocycles. The molecular weight excluding hydrogens is 262 g/mol. The van der Waals surface area contributed by atoms with Crippen molar-refractivity contribution in [3.63, 3.8) is 0 Å². The number of hydrogen-bond donors (Lipinski definition) is 1. The molecule has 1 amide bonds. The Morgan fingerprint density at radius 2 is 1.89 bits per heavy atom. The molecule has 4 nitrogen and oxygen atoms in total. The summed E-state index contributed by atoms with van der Waals surface area (Å²) in [5, 5.41) is 2.78. The molecule has 104 valence electrons. The molecule has 1 unspecified atom stereocenters. The summed E-state index contributed by atoms with van der Waals surface area (Å²) < 4.78 is 22.7. The molecule has 0 aromatic heterocycles. The molecule has 0 aliphatic carbocycles. The maximum absolute atomic E-state index is 12.0. The fraction of sp³-hybridized carbons (Fsp3) is 0.500. The molecule has 1 aromatic carbocycles. The van der Waals surface area contributed by atoms with Crippen LogP contribution in [0.15, 0.2) is 24.3 Å². The highest BCUT2D eigenvalue weighted by molar-refractivity contribution is 7.91. The number of amides is 1. The highest BCUT2D eigenvalue weighted by Crippen LogP contribution is 2.16. The third kappa shape index (κ3) is 3.56. The van der Waals surface area contributed by atoms with E-state index in [-0.39, 0.29) is 23.5 Å². The van der Waals surface area contributed by atoms with Gasteiger partial charge in [-0.05, 0) is 30.0 Å². The lowest BCUT2D eigenvalue weighted by atomic mass is 10.0. The van der Waals surface area contributed by atoms with Gasteiger partial charge in [0.25, 0.3) is 5.91 Å². The van der Waals surface area contributed by atoms with Gasteiger partial charge in [-0.1, -0.05) is 26.0 Å². The Balaban J connectivity index is 2.00. The molecule has 0 radical (unpaired) electrons. The summed E-state index contributed by atoms with van der Waals surface area (Å²) in [7, 11) is -2.96.